The van der Waals surface area contributed by atoms with Crippen LogP contribution in [0.5, 0.6) is 5.75 Å². The van der Waals surface area contributed by atoms with Gasteiger partial charge in [0.15, 0.2) is 0 Å². The van der Waals surface area contributed by atoms with Crippen molar-refractivity contribution in [2.75, 3.05) is 14.2 Å². The first kappa shape index (κ1) is 13.3. The summed E-state index contributed by atoms with van der Waals surface area (Å²) in [5.41, 5.74) is 2.94. The summed E-state index contributed by atoms with van der Waals surface area (Å²) in [7, 11) is 3.83. The van der Waals surface area contributed by atoms with Crippen LogP contribution in [0, 0.1) is 0 Å². The third-order valence-electron chi connectivity index (χ3n) is 4.46. The Morgan fingerprint density at radius 3 is 2.74 bits per heavy atom. The lowest BCUT2D eigenvalue weighted by Crippen LogP contribution is -2.25. The van der Waals surface area contributed by atoms with Crippen molar-refractivity contribution in [2.24, 2.45) is 0 Å². The number of ether oxygens (including phenoxy) is 1. The molecule has 0 spiro atoms. The number of rotatable bonds is 4. The standard InChI is InChI=1S/C16H23NOS/c1-17-16-14-10-12(18-2)8-7-11(14)9-15(16)19-13-5-3-4-6-13/h7-8,10,13,15-17H,3-6,9H2,1-2H3. The molecule has 1 aromatic carbocycles. The smallest absolute Gasteiger partial charge is 0.119 e. The third-order valence-corrected chi connectivity index (χ3v) is 6.11. The van der Waals surface area contributed by atoms with E-state index in [2.05, 4.69) is 42.3 Å². The SMILES string of the molecule is CNC1c2cc(OC)ccc2CC1SC1CCCC1. The number of nitrogens with one attached hydrogen (secondary N) is 1. The second kappa shape index (κ2) is 5.76. The van der Waals surface area contributed by atoms with E-state index in [1.807, 2.05) is 0 Å². The van der Waals surface area contributed by atoms with Crippen LogP contribution in [0.15, 0.2) is 18.2 Å². The number of benzene rings is 1. The van der Waals surface area contributed by atoms with Gasteiger partial charge in [-0.1, -0.05) is 18.9 Å². The number of fused-ring (bicyclic) bond motifs is 1. The van der Waals surface area contributed by atoms with Gasteiger partial charge >= 0.3 is 0 Å². The lowest BCUT2D eigenvalue weighted by Gasteiger charge is -2.22. The molecule has 0 aliphatic heterocycles. The summed E-state index contributed by atoms with van der Waals surface area (Å²) in [6, 6.07) is 7.03. The quantitative estimate of drug-likeness (QED) is 0.909. The topological polar surface area (TPSA) is 21.3 Å². The van der Waals surface area contributed by atoms with Crippen molar-refractivity contribution in [3.8, 4) is 5.75 Å². The zero-order chi connectivity index (χ0) is 13.2. The van der Waals surface area contributed by atoms with E-state index in [-0.39, 0.29) is 0 Å². The highest BCUT2D eigenvalue weighted by atomic mass is 32.2. The molecule has 0 amide bonds. The van der Waals surface area contributed by atoms with E-state index in [0.29, 0.717) is 11.3 Å². The van der Waals surface area contributed by atoms with Gasteiger partial charge in [0.25, 0.3) is 0 Å². The fourth-order valence-electron chi connectivity index (χ4n) is 3.45. The van der Waals surface area contributed by atoms with Crippen molar-refractivity contribution in [3.63, 3.8) is 0 Å². The lowest BCUT2D eigenvalue weighted by molar-refractivity contribution is 0.413. The van der Waals surface area contributed by atoms with E-state index < -0.39 is 0 Å². The molecule has 2 aliphatic rings. The highest BCUT2D eigenvalue weighted by Gasteiger charge is 2.34. The van der Waals surface area contributed by atoms with Crippen LogP contribution >= 0.6 is 11.8 Å². The molecular weight excluding hydrogens is 254 g/mol. The summed E-state index contributed by atoms with van der Waals surface area (Å²) in [5.74, 6) is 0.977. The molecule has 104 valence electrons. The van der Waals surface area contributed by atoms with E-state index in [1.54, 1.807) is 7.11 Å². The van der Waals surface area contributed by atoms with Crippen LogP contribution in [0.25, 0.3) is 0 Å². The second-order valence-electron chi connectivity index (χ2n) is 5.62. The first-order chi connectivity index (χ1) is 9.31. The third kappa shape index (κ3) is 2.63. The van der Waals surface area contributed by atoms with Crippen LogP contribution in [0.1, 0.15) is 42.9 Å². The zero-order valence-corrected chi connectivity index (χ0v) is 12.6. The van der Waals surface area contributed by atoms with E-state index in [9.17, 15) is 0 Å². The molecule has 19 heavy (non-hydrogen) atoms. The minimum atomic E-state index is 0.482. The van der Waals surface area contributed by atoms with Gasteiger partial charge in [0.05, 0.1) is 7.11 Å². The van der Waals surface area contributed by atoms with Gasteiger partial charge in [-0.05, 0) is 49.6 Å². The van der Waals surface area contributed by atoms with Gasteiger partial charge in [-0.15, -0.1) is 0 Å². The van der Waals surface area contributed by atoms with Gasteiger partial charge in [-0.2, -0.15) is 11.8 Å². The van der Waals surface area contributed by atoms with Gasteiger partial charge in [0, 0.05) is 16.5 Å². The van der Waals surface area contributed by atoms with Gasteiger partial charge < -0.3 is 10.1 Å². The zero-order valence-electron chi connectivity index (χ0n) is 11.8. The number of thioether (sulfide) groups is 1. The molecule has 0 bridgehead atoms. The molecule has 1 aromatic rings. The number of hydrogen-bond acceptors (Lipinski definition) is 3. The van der Waals surface area contributed by atoms with Crippen LogP contribution in [-0.4, -0.2) is 24.7 Å². The Morgan fingerprint density at radius 2 is 2.05 bits per heavy atom. The minimum Gasteiger partial charge on any atom is -0.497 e. The average Bonchev–Trinajstić information content (AvgIpc) is 3.05. The Morgan fingerprint density at radius 1 is 1.26 bits per heavy atom. The van der Waals surface area contributed by atoms with Crippen LogP contribution in [0.3, 0.4) is 0 Å². The van der Waals surface area contributed by atoms with Crippen molar-refractivity contribution in [1.82, 2.24) is 5.32 Å². The molecule has 2 unspecified atom stereocenters. The fraction of sp³-hybridized carbons (Fsp3) is 0.625. The molecule has 0 heterocycles. The monoisotopic (exact) mass is 277 g/mol. The molecule has 0 saturated heterocycles. The Balaban J connectivity index is 1.77. The average molecular weight is 277 g/mol. The van der Waals surface area contributed by atoms with E-state index in [4.69, 9.17) is 4.74 Å². The molecule has 3 heteroatoms. The summed E-state index contributed by atoms with van der Waals surface area (Å²) in [6.07, 6.45) is 6.88. The van der Waals surface area contributed by atoms with E-state index in [1.165, 1.54) is 43.2 Å². The highest BCUT2D eigenvalue weighted by Crippen LogP contribution is 2.44. The molecule has 2 atom stereocenters. The van der Waals surface area contributed by atoms with Gasteiger partial charge in [0.2, 0.25) is 0 Å². The van der Waals surface area contributed by atoms with Crippen molar-refractivity contribution in [1.29, 1.82) is 0 Å². The van der Waals surface area contributed by atoms with Crippen LogP contribution in [-0.2, 0) is 6.42 Å². The van der Waals surface area contributed by atoms with Crippen molar-refractivity contribution >= 4 is 11.8 Å². The molecule has 0 aromatic heterocycles. The Kier molecular flexibility index (Phi) is 4.04. The predicted molar refractivity (Wildman–Crippen MR) is 82.1 cm³/mol. The maximum absolute atomic E-state index is 5.37. The molecule has 3 rings (SSSR count). The van der Waals surface area contributed by atoms with Gasteiger partial charge in [0.1, 0.15) is 5.75 Å². The van der Waals surface area contributed by atoms with Crippen molar-refractivity contribution in [3.05, 3.63) is 29.3 Å². The lowest BCUT2D eigenvalue weighted by atomic mass is 10.1. The van der Waals surface area contributed by atoms with Gasteiger partial charge in [-0.25, -0.2) is 0 Å². The van der Waals surface area contributed by atoms with Crippen molar-refractivity contribution < 1.29 is 4.74 Å². The fourth-order valence-corrected chi connectivity index (χ4v) is 5.27. The molecule has 1 N–H and O–H groups in total. The minimum absolute atomic E-state index is 0.482. The van der Waals surface area contributed by atoms with Crippen LogP contribution < -0.4 is 10.1 Å². The maximum Gasteiger partial charge on any atom is 0.119 e. The molecule has 1 saturated carbocycles. The normalized spacial score (nSPS) is 26.6. The first-order valence-corrected chi connectivity index (χ1v) is 8.25. The number of methoxy groups -OCH3 is 1. The molecule has 1 fully saturated rings. The summed E-state index contributed by atoms with van der Waals surface area (Å²) in [4.78, 5) is 0. The van der Waals surface area contributed by atoms with Crippen LogP contribution in [0.4, 0.5) is 0 Å². The predicted octanol–water partition coefficient (Wildman–Crippen LogP) is 3.56. The second-order valence-corrected chi connectivity index (χ2v) is 7.16. The van der Waals surface area contributed by atoms with E-state index in [0.717, 1.165) is 11.0 Å². The maximum atomic E-state index is 5.37. The summed E-state index contributed by atoms with van der Waals surface area (Å²) in [5, 5.41) is 5.10. The largest absolute Gasteiger partial charge is 0.497 e. The Labute approximate surface area is 120 Å². The summed E-state index contributed by atoms with van der Waals surface area (Å²) < 4.78 is 5.37. The summed E-state index contributed by atoms with van der Waals surface area (Å²) in [6.45, 7) is 0. The Bertz CT molecular complexity index is 442. The van der Waals surface area contributed by atoms with Crippen molar-refractivity contribution in [2.45, 2.75) is 48.6 Å². The van der Waals surface area contributed by atoms with E-state index >= 15 is 0 Å². The highest BCUT2D eigenvalue weighted by molar-refractivity contribution is 8.00. The first-order valence-electron chi connectivity index (χ1n) is 7.31. The molecular formula is C16H23NOS. The molecule has 0 radical (unpaired) electrons. The number of hydrogen-bond donors (Lipinski definition) is 1. The Hall–Kier alpha value is -0.670. The molecule has 2 aliphatic carbocycles. The summed E-state index contributed by atoms with van der Waals surface area (Å²) >= 11 is 2.21. The van der Waals surface area contributed by atoms with Gasteiger partial charge in [-0.3, -0.25) is 0 Å². The molecule has 2 nitrogen and oxygen atoms in total. The van der Waals surface area contributed by atoms with Crippen LogP contribution in [0.2, 0.25) is 0 Å².